The zero-order valence-corrected chi connectivity index (χ0v) is 12.1. The lowest BCUT2D eigenvalue weighted by molar-refractivity contribution is -0.130. The second-order valence-electron chi connectivity index (χ2n) is 5.64. The third kappa shape index (κ3) is 5.47. The molecule has 1 heterocycles. The highest BCUT2D eigenvalue weighted by atomic mass is 16.5. The fourth-order valence-electron chi connectivity index (χ4n) is 2.48. The van der Waals surface area contributed by atoms with Crippen LogP contribution in [0.4, 0.5) is 0 Å². The summed E-state index contributed by atoms with van der Waals surface area (Å²) in [6.07, 6.45) is 3.73. The van der Waals surface area contributed by atoms with Crippen LogP contribution in [0.25, 0.3) is 0 Å². The van der Waals surface area contributed by atoms with E-state index >= 15 is 0 Å². The average molecular weight is 269 g/mol. The van der Waals surface area contributed by atoms with Gasteiger partial charge in [-0.15, -0.1) is 0 Å². The van der Waals surface area contributed by atoms with E-state index in [1.807, 2.05) is 4.90 Å². The highest BCUT2D eigenvalue weighted by Crippen LogP contribution is 2.27. The first-order valence-electron chi connectivity index (χ1n) is 7.49. The van der Waals surface area contributed by atoms with Crippen LogP contribution in [0.15, 0.2) is 0 Å². The number of hydrogen-bond donors (Lipinski definition) is 1. The monoisotopic (exact) mass is 269 g/mol. The number of carbonyl (C=O) groups excluding carboxylic acids is 1. The maximum atomic E-state index is 12.1. The number of carbonyl (C=O) groups is 1. The van der Waals surface area contributed by atoms with Gasteiger partial charge < -0.3 is 15.0 Å². The minimum Gasteiger partial charge on any atom is -0.383 e. The van der Waals surface area contributed by atoms with E-state index in [1.165, 1.54) is 12.8 Å². The van der Waals surface area contributed by atoms with Crippen LogP contribution in [0.2, 0.25) is 0 Å². The third-order valence-electron chi connectivity index (χ3n) is 3.96. The maximum Gasteiger partial charge on any atom is 0.236 e. The van der Waals surface area contributed by atoms with E-state index in [9.17, 15) is 4.79 Å². The fourth-order valence-corrected chi connectivity index (χ4v) is 2.48. The maximum absolute atomic E-state index is 12.1. The largest absolute Gasteiger partial charge is 0.383 e. The Morgan fingerprint density at radius 1 is 1.26 bits per heavy atom. The van der Waals surface area contributed by atoms with Crippen LogP contribution in [0, 0.1) is 5.92 Å². The van der Waals surface area contributed by atoms with Crippen molar-refractivity contribution in [1.82, 2.24) is 15.1 Å². The van der Waals surface area contributed by atoms with Crippen LogP contribution in [0.3, 0.4) is 0 Å². The molecule has 1 N–H and O–H groups in total. The first-order chi connectivity index (χ1) is 9.29. The van der Waals surface area contributed by atoms with Gasteiger partial charge in [0.05, 0.1) is 13.2 Å². The van der Waals surface area contributed by atoms with Gasteiger partial charge in [0, 0.05) is 33.3 Å². The number of ether oxygens (including phenoxy) is 1. The van der Waals surface area contributed by atoms with Gasteiger partial charge in [-0.1, -0.05) is 0 Å². The Bertz CT molecular complexity index is 282. The van der Waals surface area contributed by atoms with E-state index in [0.29, 0.717) is 6.54 Å². The molecule has 0 spiro atoms. The number of hydrogen-bond acceptors (Lipinski definition) is 4. The molecule has 2 fully saturated rings. The summed E-state index contributed by atoms with van der Waals surface area (Å²) < 4.78 is 5.11. The predicted molar refractivity (Wildman–Crippen MR) is 75.1 cm³/mol. The normalized spacial score (nSPS) is 21.4. The number of nitrogens with one attached hydrogen (secondary N) is 1. The Hall–Kier alpha value is -0.650. The van der Waals surface area contributed by atoms with Crippen LogP contribution < -0.4 is 5.32 Å². The zero-order valence-electron chi connectivity index (χ0n) is 12.1. The Morgan fingerprint density at radius 3 is 2.84 bits per heavy atom. The Kier molecular flexibility index (Phi) is 6.07. The van der Waals surface area contributed by atoms with Gasteiger partial charge in [0.2, 0.25) is 5.91 Å². The minimum absolute atomic E-state index is 0.259. The van der Waals surface area contributed by atoms with Crippen LogP contribution >= 0.6 is 0 Å². The van der Waals surface area contributed by atoms with E-state index in [2.05, 4.69) is 10.2 Å². The van der Waals surface area contributed by atoms with Crippen molar-refractivity contribution in [2.24, 2.45) is 5.92 Å². The van der Waals surface area contributed by atoms with Crippen molar-refractivity contribution in [3.8, 4) is 0 Å². The molecule has 0 aromatic rings. The average Bonchev–Trinajstić information content (AvgIpc) is 3.22. The highest BCUT2D eigenvalue weighted by Gasteiger charge is 2.22. The smallest absolute Gasteiger partial charge is 0.236 e. The van der Waals surface area contributed by atoms with Gasteiger partial charge in [-0.3, -0.25) is 9.69 Å². The summed E-state index contributed by atoms with van der Waals surface area (Å²) in [6.45, 7) is 7.06. The van der Waals surface area contributed by atoms with Gasteiger partial charge in [-0.25, -0.2) is 0 Å². The SMILES string of the molecule is COCCN1CCCN(C(=O)CNCC2CC2)CC1. The molecule has 0 atom stereocenters. The van der Waals surface area contributed by atoms with Gasteiger partial charge in [0.25, 0.3) is 0 Å². The minimum atomic E-state index is 0.259. The van der Waals surface area contributed by atoms with Crippen molar-refractivity contribution < 1.29 is 9.53 Å². The molecule has 1 amide bonds. The molecular weight excluding hydrogens is 242 g/mol. The molecule has 19 heavy (non-hydrogen) atoms. The van der Waals surface area contributed by atoms with Crippen molar-refractivity contribution in [3.05, 3.63) is 0 Å². The van der Waals surface area contributed by atoms with E-state index in [1.54, 1.807) is 7.11 Å². The van der Waals surface area contributed by atoms with Crippen molar-refractivity contribution in [2.45, 2.75) is 19.3 Å². The van der Waals surface area contributed by atoms with Gasteiger partial charge >= 0.3 is 0 Å². The summed E-state index contributed by atoms with van der Waals surface area (Å²) in [7, 11) is 1.74. The molecule has 0 bridgehead atoms. The standard InChI is InChI=1S/C14H27N3O2/c1-19-10-9-16-5-2-6-17(8-7-16)14(18)12-15-11-13-3-4-13/h13,15H,2-12H2,1H3. The molecule has 5 nitrogen and oxygen atoms in total. The lowest BCUT2D eigenvalue weighted by atomic mass is 10.3. The molecule has 2 rings (SSSR count). The summed E-state index contributed by atoms with van der Waals surface area (Å²) in [6, 6.07) is 0. The first kappa shape index (κ1) is 14.8. The number of nitrogens with zero attached hydrogens (tertiary/aromatic N) is 2. The lowest BCUT2D eigenvalue weighted by Gasteiger charge is -2.22. The van der Waals surface area contributed by atoms with Crippen molar-refractivity contribution in [1.29, 1.82) is 0 Å². The lowest BCUT2D eigenvalue weighted by Crippen LogP contribution is -2.41. The zero-order chi connectivity index (χ0) is 13.5. The first-order valence-corrected chi connectivity index (χ1v) is 7.49. The molecule has 110 valence electrons. The molecule has 0 aromatic heterocycles. The number of amides is 1. The van der Waals surface area contributed by atoms with Crippen LogP contribution in [-0.2, 0) is 9.53 Å². The third-order valence-corrected chi connectivity index (χ3v) is 3.96. The van der Waals surface area contributed by atoms with E-state index in [-0.39, 0.29) is 5.91 Å². The fraction of sp³-hybridized carbons (Fsp3) is 0.929. The summed E-state index contributed by atoms with van der Waals surface area (Å²) in [5.74, 6) is 1.09. The summed E-state index contributed by atoms with van der Waals surface area (Å²) in [4.78, 5) is 16.5. The molecule has 0 radical (unpaired) electrons. The van der Waals surface area contributed by atoms with Crippen LogP contribution in [-0.4, -0.2) is 75.2 Å². The Morgan fingerprint density at radius 2 is 2.11 bits per heavy atom. The number of methoxy groups -OCH3 is 1. The summed E-state index contributed by atoms with van der Waals surface area (Å²) in [5, 5.41) is 3.29. The van der Waals surface area contributed by atoms with Crippen LogP contribution in [0.1, 0.15) is 19.3 Å². The molecule has 1 saturated carbocycles. The Labute approximate surface area is 116 Å². The molecule has 1 aliphatic heterocycles. The summed E-state index contributed by atoms with van der Waals surface area (Å²) >= 11 is 0. The Balaban J connectivity index is 1.63. The van der Waals surface area contributed by atoms with Crippen molar-refractivity contribution in [3.63, 3.8) is 0 Å². The van der Waals surface area contributed by atoms with Gasteiger partial charge in [0.1, 0.15) is 0 Å². The van der Waals surface area contributed by atoms with E-state index < -0.39 is 0 Å². The molecular formula is C14H27N3O2. The molecule has 0 aromatic carbocycles. The molecule has 5 heteroatoms. The molecule has 2 aliphatic rings. The van der Waals surface area contributed by atoms with Crippen LogP contribution in [0.5, 0.6) is 0 Å². The van der Waals surface area contributed by atoms with E-state index in [4.69, 9.17) is 4.74 Å². The second kappa shape index (κ2) is 7.82. The van der Waals surface area contributed by atoms with Gasteiger partial charge in [-0.05, 0) is 38.3 Å². The van der Waals surface area contributed by atoms with Crippen molar-refractivity contribution in [2.75, 3.05) is 59.5 Å². The highest BCUT2D eigenvalue weighted by molar-refractivity contribution is 5.78. The topological polar surface area (TPSA) is 44.8 Å². The number of rotatable bonds is 7. The molecule has 1 saturated heterocycles. The van der Waals surface area contributed by atoms with Gasteiger partial charge in [-0.2, -0.15) is 0 Å². The quantitative estimate of drug-likeness (QED) is 0.715. The van der Waals surface area contributed by atoms with E-state index in [0.717, 1.165) is 58.2 Å². The van der Waals surface area contributed by atoms with Crippen molar-refractivity contribution >= 4 is 5.91 Å². The summed E-state index contributed by atoms with van der Waals surface area (Å²) in [5.41, 5.74) is 0. The predicted octanol–water partition coefficient (Wildman–Crippen LogP) is 0.167. The molecule has 1 aliphatic carbocycles. The van der Waals surface area contributed by atoms with Gasteiger partial charge in [0.15, 0.2) is 0 Å². The molecule has 0 unspecified atom stereocenters. The second-order valence-corrected chi connectivity index (χ2v) is 5.64.